The molecule has 6 aliphatic carbocycles. The molecule has 4 aromatic carbocycles. The molecule has 1 nitrogen and oxygen atoms in total. The molecule has 0 radical (unpaired) electrons. The molecule has 0 amide bonds. The predicted octanol–water partition coefficient (Wildman–Crippen LogP) is 11.8. The summed E-state index contributed by atoms with van der Waals surface area (Å²) in [5, 5.41) is 0. The van der Waals surface area contributed by atoms with Crippen LogP contribution in [0.15, 0.2) is 91.0 Å². The Labute approximate surface area is 263 Å². The van der Waals surface area contributed by atoms with Crippen LogP contribution in [0.3, 0.4) is 0 Å². The van der Waals surface area contributed by atoms with Crippen molar-refractivity contribution in [2.45, 2.75) is 94.3 Å². The maximum atomic E-state index is 2.58. The molecule has 222 valence electrons. The van der Waals surface area contributed by atoms with Gasteiger partial charge in [-0.3, -0.25) is 0 Å². The Morgan fingerprint density at radius 1 is 0.500 bits per heavy atom. The lowest BCUT2D eigenvalue weighted by Crippen LogP contribution is -2.21. The summed E-state index contributed by atoms with van der Waals surface area (Å²) in [6, 6.07) is 36.3. The van der Waals surface area contributed by atoms with E-state index < -0.39 is 0 Å². The molecule has 6 atom stereocenters. The van der Waals surface area contributed by atoms with Gasteiger partial charge >= 0.3 is 0 Å². The number of anilines is 3. The van der Waals surface area contributed by atoms with Crippen molar-refractivity contribution in [3.8, 4) is 11.1 Å². The van der Waals surface area contributed by atoms with E-state index >= 15 is 0 Å². The highest BCUT2D eigenvalue weighted by Gasteiger charge is 2.45. The summed E-state index contributed by atoms with van der Waals surface area (Å²) >= 11 is 0. The first kappa shape index (κ1) is 26.0. The van der Waals surface area contributed by atoms with Gasteiger partial charge in [0.05, 0.1) is 0 Å². The van der Waals surface area contributed by atoms with Gasteiger partial charge in [0.2, 0.25) is 0 Å². The normalized spacial score (nSPS) is 30.3. The third-order valence-electron chi connectivity index (χ3n) is 13.6. The number of rotatable bonds is 5. The van der Waals surface area contributed by atoms with Crippen LogP contribution in [0.2, 0.25) is 0 Å². The monoisotopic (exact) mass is 575 g/mol. The van der Waals surface area contributed by atoms with Gasteiger partial charge < -0.3 is 4.90 Å². The first-order chi connectivity index (χ1) is 21.7. The highest BCUT2D eigenvalue weighted by molar-refractivity contribution is 5.86. The number of benzene rings is 4. The summed E-state index contributed by atoms with van der Waals surface area (Å²) in [6.07, 6.45) is 16.8. The Morgan fingerprint density at radius 2 is 1.05 bits per heavy atom. The highest BCUT2D eigenvalue weighted by Crippen LogP contribution is 2.58. The van der Waals surface area contributed by atoms with Crippen molar-refractivity contribution < 1.29 is 0 Å². The van der Waals surface area contributed by atoms with Crippen LogP contribution in [-0.2, 0) is 5.41 Å². The lowest BCUT2D eigenvalue weighted by molar-refractivity contribution is 0.420. The standard InChI is InChI=1S/C43H45N/c1-2-6-41-37(5-1)38-20-19-36(27-42(38)43(41)21-3-4-22-43)44(34-15-11-30(12-16-34)39-25-28-7-9-32(39)23-28)35-17-13-31(14-18-35)40-26-29-8-10-33(40)24-29/h1-2,5-6,11-20,27-29,32-33,39-40H,3-4,7-10,21-26H2. The van der Waals surface area contributed by atoms with E-state index in [0.717, 1.165) is 35.5 Å². The Balaban J connectivity index is 1.06. The molecule has 10 rings (SSSR count). The number of hydrogen-bond donors (Lipinski definition) is 0. The molecule has 5 saturated carbocycles. The van der Waals surface area contributed by atoms with E-state index in [1.54, 1.807) is 22.3 Å². The smallest absolute Gasteiger partial charge is 0.0465 e. The third-order valence-corrected chi connectivity index (χ3v) is 13.6. The zero-order valence-corrected chi connectivity index (χ0v) is 26.1. The fourth-order valence-corrected chi connectivity index (χ4v) is 11.6. The van der Waals surface area contributed by atoms with E-state index in [0.29, 0.717) is 0 Å². The van der Waals surface area contributed by atoms with Crippen molar-refractivity contribution in [2.24, 2.45) is 23.7 Å². The molecule has 0 aromatic heterocycles. The molecule has 4 bridgehead atoms. The zero-order chi connectivity index (χ0) is 28.8. The largest absolute Gasteiger partial charge is 0.310 e. The summed E-state index contributed by atoms with van der Waals surface area (Å²) < 4.78 is 0. The Kier molecular flexibility index (Phi) is 5.80. The molecule has 6 aliphatic rings. The Hall–Kier alpha value is -3.32. The number of nitrogens with zero attached hydrogens (tertiary/aromatic N) is 1. The second kappa shape index (κ2) is 9.84. The van der Waals surface area contributed by atoms with Gasteiger partial charge in [-0.15, -0.1) is 0 Å². The van der Waals surface area contributed by atoms with Crippen molar-refractivity contribution in [1.82, 2.24) is 0 Å². The maximum absolute atomic E-state index is 2.58. The van der Waals surface area contributed by atoms with Crippen LogP contribution < -0.4 is 4.90 Å². The van der Waals surface area contributed by atoms with Crippen LogP contribution in [0.1, 0.15) is 111 Å². The quantitative estimate of drug-likeness (QED) is 0.229. The van der Waals surface area contributed by atoms with E-state index in [9.17, 15) is 0 Å². The summed E-state index contributed by atoms with van der Waals surface area (Å²) in [4.78, 5) is 2.56. The SMILES string of the molecule is c1ccc2c(c1)-c1ccc(N(c3ccc(C4CC5CCC4C5)cc3)c3ccc(C4CC5CCC4C5)cc3)cc1C21CCCC1. The number of hydrogen-bond acceptors (Lipinski definition) is 1. The van der Waals surface area contributed by atoms with Gasteiger partial charge in [-0.2, -0.15) is 0 Å². The van der Waals surface area contributed by atoms with E-state index in [-0.39, 0.29) is 5.41 Å². The van der Waals surface area contributed by atoms with Crippen molar-refractivity contribution in [2.75, 3.05) is 4.90 Å². The molecular formula is C43H45N. The predicted molar refractivity (Wildman–Crippen MR) is 182 cm³/mol. The molecule has 1 spiro atoms. The summed E-state index contributed by atoms with van der Waals surface area (Å²) in [5.41, 5.74) is 13.3. The second-order valence-electron chi connectivity index (χ2n) is 15.6. The lowest BCUT2D eigenvalue weighted by Gasteiger charge is -2.30. The first-order valence-electron chi connectivity index (χ1n) is 18.0. The molecule has 0 N–H and O–H groups in total. The van der Waals surface area contributed by atoms with Crippen LogP contribution in [0, 0.1) is 23.7 Å². The molecule has 0 heterocycles. The second-order valence-corrected chi connectivity index (χ2v) is 15.6. The minimum absolute atomic E-state index is 0.185. The van der Waals surface area contributed by atoms with E-state index in [2.05, 4.69) is 95.9 Å². The minimum Gasteiger partial charge on any atom is -0.310 e. The molecule has 4 aromatic rings. The van der Waals surface area contributed by atoms with Crippen molar-refractivity contribution >= 4 is 17.1 Å². The summed E-state index contributed by atoms with van der Waals surface area (Å²) in [5.74, 6) is 5.35. The van der Waals surface area contributed by atoms with Crippen LogP contribution in [-0.4, -0.2) is 0 Å². The van der Waals surface area contributed by atoms with Crippen LogP contribution in [0.5, 0.6) is 0 Å². The average molecular weight is 576 g/mol. The fourth-order valence-electron chi connectivity index (χ4n) is 11.6. The summed E-state index contributed by atoms with van der Waals surface area (Å²) in [7, 11) is 0. The van der Waals surface area contributed by atoms with Crippen molar-refractivity contribution in [3.05, 3.63) is 113 Å². The van der Waals surface area contributed by atoms with Crippen LogP contribution >= 0.6 is 0 Å². The Bertz CT molecular complexity index is 1640. The molecule has 1 heteroatoms. The zero-order valence-electron chi connectivity index (χ0n) is 26.1. The van der Waals surface area contributed by atoms with Gasteiger partial charge in [0.25, 0.3) is 0 Å². The lowest BCUT2D eigenvalue weighted by atomic mass is 9.76. The fraction of sp³-hybridized carbons (Fsp3) is 0.442. The van der Waals surface area contributed by atoms with Crippen LogP contribution in [0.25, 0.3) is 11.1 Å². The molecule has 5 fully saturated rings. The third kappa shape index (κ3) is 3.83. The molecule has 44 heavy (non-hydrogen) atoms. The van der Waals surface area contributed by atoms with Gasteiger partial charge in [0.15, 0.2) is 0 Å². The number of fused-ring (bicyclic) bond motifs is 9. The van der Waals surface area contributed by atoms with E-state index in [4.69, 9.17) is 0 Å². The van der Waals surface area contributed by atoms with Gasteiger partial charge in [0.1, 0.15) is 0 Å². The Morgan fingerprint density at radius 3 is 1.59 bits per heavy atom. The molecule has 0 aliphatic heterocycles. The molecule has 0 saturated heterocycles. The highest BCUT2D eigenvalue weighted by atomic mass is 15.1. The topological polar surface area (TPSA) is 3.24 Å². The van der Waals surface area contributed by atoms with Crippen molar-refractivity contribution in [1.29, 1.82) is 0 Å². The molecular weight excluding hydrogens is 530 g/mol. The van der Waals surface area contributed by atoms with Gasteiger partial charge in [-0.05, 0) is 157 Å². The van der Waals surface area contributed by atoms with E-state index in [1.807, 2.05) is 0 Å². The molecule has 6 unspecified atom stereocenters. The van der Waals surface area contributed by atoms with Crippen molar-refractivity contribution in [3.63, 3.8) is 0 Å². The maximum Gasteiger partial charge on any atom is 0.0465 e. The van der Waals surface area contributed by atoms with Gasteiger partial charge in [-0.25, -0.2) is 0 Å². The summed E-state index contributed by atoms with van der Waals surface area (Å²) in [6.45, 7) is 0. The van der Waals surface area contributed by atoms with Crippen LogP contribution in [0.4, 0.5) is 17.1 Å². The average Bonchev–Trinajstić information content (AvgIpc) is 3.94. The van der Waals surface area contributed by atoms with Gasteiger partial charge in [-0.1, -0.05) is 80.3 Å². The first-order valence-corrected chi connectivity index (χ1v) is 18.0. The van der Waals surface area contributed by atoms with Gasteiger partial charge in [0, 0.05) is 22.5 Å². The van der Waals surface area contributed by atoms with E-state index in [1.165, 1.54) is 105 Å². The minimum atomic E-state index is 0.185.